The van der Waals surface area contributed by atoms with E-state index in [1.54, 1.807) is 0 Å². The molecule has 2 rings (SSSR count). The van der Waals surface area contributed by atoms with Crippen LogP contribution < -0.4 is 5.32 Å². The molecular weight excluding hydrogens is 190 g/mol. The van der Waals surface area contributed by atoms with Crippen LogP contribution in [0.1, 0.15) is 36.9 Å². The first kappa shape index (κ1) is 10.6. The molecule has 1 saturated carbocycles. The van der Waals surface area contributed by atoms with Crippen molar-refractivity contribution in [3.63, 3.8) is 0 Å². The van der Waals surface area contributed by atoms with E-state index in [9.17, 15) is 5.11 Å². The van der Waals surface area contributed by atoms with Crippen LogP contribution in [-0.2, 0) is 6.54 Å². The van der Waals surface area contributed by atoms with Crippen LogP contribution in [0.3, 0.4) is 0 Å². The van der Waals surface area contributed by atoms with Gasteiger partial charge in [-0.3, -0.25) is 5.10 Å². The minimum atomic E-state index is -0.0706. The van der Waals surface area contributed by atoms with Crippen molar-refractivity contribution in [2.45, 2.75) is 51.3 Å². The van der Waals surface area contributed by atoms with Crippen LogP contribution in [0.2, 0.25) is 0 Å². The Kier molecular flexibility index (Phi) is 3.38. The quantitative estimate of drug-likeness (QED) is 0.699. The summed E-state index contributed by atoms with van der Waals surface area (Å²) in [5.41, 5.74) is 2.37. The first-order chi connectivity index (χ1) is 7.25. The SMILES string of the molecule is Cc1[nH]ncc1CNC1CCC(O)CC1. The number of rotatable bonds is 3. The van der Waals surface area contributed by atoms with E-state index in [0.717, 1.165) is 37.9 Å². The van der Waals surface area contributed by atoms with E-state index in [1.165, 1.54) is 5.56 Å². The van der Waals surface area contributed by atoms with E-state index in [0.29, 0.717) is 6.04 Å². The zero-order valence-corrected chi connectivity index (χ0v) is 9.16. The largest absolute Gasteiger partial charge is 0.393 e. The molecule has 1 fully saturated rings. The van der Waals surface area contributed by atoms with Gasteiger partial charge >= 0.3 is 0 Å². The van der Waals surface area contributed by atoms with Gasteiger partial charge in [0.05, 0.1) is 12.3 Å². The van der Waals surface area contributed by atoms with Crippen molar-refractivity contribution in [2.24, 2.45) is 0 Å². The molecule has 15 heavy (non-hydrogen) atoms. The Morgan fingerprint density at radius 2 is 2.20 bits per heavy atom. The summed E-state index contributed by atoms with van der Waals surface area (Å²) in [5.74, 6) is 0. The van der Waals surface area contributed by atoms with E-state index in [2.05, 4.69) is 15.5 Å². The number of aryl methyl sites for hydroxylation is 1. The summed E-state index contributed by atoms with van der Waals surface area (Å²) >= 11 is 0. The second-order valence-corrected chi connectivity index (χ2v) is 4.41. The standard InChI is InChI=1S/C11H19N3O/c1-8-9(7-13-14-8)6-12-10-2-4-11(15)5-3-10/h7,10-12,15H,2-6H2,1H3,(H,13,14). The van der Waals surface area contributed by atoms with Crippen LogP contribution in [0.25, 0.3) is 0 Å². The highest BCUT2D eigenvalue weighted by Crippen LogP contribution is 2.18. The van der Waals surface area contributed by atoms with Crippen molar-refractivity contribution in [1.29, 1.82) is 0 Å². The van der Waals surface area contributed by atoms with Crippen LogP contribution in [-0.4, -0.2) is 27.4 Å². The summed E-state index contributed by atoms with van der Waals surface area (Å²) in [4.78, 5) is 0. The molecule has 0 amide bonds. The molecule has 4 heteroatoms. The number of aromatic amines is 1. The first-order valence-corrected chi connectivity index (χ1v) is 5.66. The van der Waals surface area contributed by atoms with E-state index >= 15 is 0 Å². The normalized spacial score (nSPS) is 26.8. The highest BCUT2D eigenvalue weighted by atomic mass is 16.3. The predicted octanol–water partition coefficient (Wildman–Crippen LogP) is 1.11. The van der Waals surface area contributed by atoms with Crippen LogP contribution in [0.5, 0.6) is 0 Å². The number of nitrogens with one attached hydrogen (secondary N) is 2. The molecule has 4 nitrogen and oxygen atoms in total. The van der Waals surface area contributed by atoms with Gasteiger partial charge in [-0.05, 0) is 32.6 Å². The van der Waals surface area contributed by atoms with Gasteiger partial charge in [-0.25, -0.2) is 0 Å². The van der Waals surface area contributed by atoms with Gasteiger partial charge in [0, 0.05) is 23.8 Å². The topological polar surface area (TPSA) is 60.9 Å². The minimum Gasteiger partial charge on any atom is -0.393 e. The molecule has 1 heterocycles. The maximum Gasteiger partial charge on any atom is 0.0541 e. The first-order valence-electron chi connectivity index (χ1n) is 5.66. The van der Waals surface area contributed by atoms with Gasteiger partial charge in [-0.15, -0.1) is 0 Å². The summed E-state index contributed by atoms with van der Waals surface area (Å²) < 4.78 is 0. The van der Waals surface area contributed by atoms with Crippen molar-refractivity contribution >= 4 is 0 Å². The van der Waals surface area contributed by atoms with Crippen LogP contribution in [0.4, 0.5) is 0 Å². The van der Waals surface area contributed by atoms with Gasteiger partial charge < -0.3 is 10.4 Å². The summed E-state index contributed by atoms with van der Waals surface area (Å²) in [6, 6.07) is 0.558. The van der Waals surface area contributed by atoms with Gasteiger partial charge in [-0.1, -0.05) is 0 Å². The highest BCUT2D eigenvalue weighted by Gasteiger charge is 2.18. The van der Waals surface area contributed by atoms with Gasteiger partial charge in [0.1, 0.15) is 0 Å². The van der Waals surface area contributed by atoms with Crippen LogP contribution in [0, 0.1) is 6.92 Å². The lowest BCUT2D eigenvalue weighted by molar-refractivity contribution is 0.116. The highest BCUT2D eigenvalue weighted by molar-refractivity contribution is 5.13. The van der Waals surface area contributed by atoms with Crippen LogP contribution in [0.15, 0.2) is 6.20 Å². The van der Waals surface area contributed by atoms with Crippen molar-refractivity contribution in [1.82, 2.24) is 15.5 Å². The fourth-order valence-electron chi connectivity index (χ4n) is 2.09. The van der Waals surface area contributed by atoms with Crippen molar-refractivity contribution in [2.75, 3.05) is 0 Å². The fraction of sp³-hybridized carbons (Fsp3) is 0.727. The molecule has 0 aromatic carbocycles. The monoisotopic (exact) mass is 209 g/mol. The number of aliphatic hydroxyl groups is 1. The molecule has 0 unspecified atom stereocenters. The van der Waals surface area contributed by atoms with Gasteiger partial charge in [-0.2, -0.15) is 5.10 Å². The second-order valence-electron chi connectivity index (χ2n) is 4.41. The van der Waals surface area contributed by atoms with E-state index in [1.807, 2.05) is 13.1 Å². The van der Waals surface area contributed by atoms with Crippen molar-refractivity contribution in [3.8, 4) is 0 Å². The zero-order valence-electron chi connectivity index (χ0n) is 9.16. The van der Waals surface area contributed by atoms with Crippen LogP contribution >= 0.6 is 0 Å². The molecule has 1 aliphatic carbocycles. The van der Waals surface area contributed by atoms with Gasteiger partial charge in [0.25, 0.3) is 0 Å². The molecule has 0 spiro atoms. The average Bonchev–Trinajstić information content (AvgIpc) is 2.63. The molecule has 1 aromatic heterocycles. The number of aromatic nitrogens is 2. The molecule has 0 saturated heterocycles. The molecular formula is C11H19N3O. The molecule has 1 aromatic rings. The Labute approximate surface area is 90.1 Å². The number of hydrogen-bond donors (Lipinski definition) is 3. The third-order valence-electron chi connectivity index (χ3n) is 3.21. The maximum absolute atomic E-state index is 9.38. The number of hydrogen-bond acceptors (Lipinski definition) is 3. The van der Waals surface area contributed by atoms with Gasteiger partial charge in [0.15, 0.2) is 0 Å². The second kappa shape index (κ2) is 4.77. The summed E-state index contributed by atoms with van der Waals surface area (Å²) in [6.07, 6.45) is 5.83. The Hall–Kier alpha value is -0.870. The van der Waals surface area contributed by atoms with E-state index in [-0.39, 0.29) is 6.10 Å². The minimum absolute atomic E-state index is 0.0706. The smallest absolute Gasteiger partial charge is 0.0541 e. The lowest BCUT2D eigenvalue weighted by Crippen LogP contribution is -2.34. The van der Waals surface area contributed by atoms with Gasteiger partial charge in [0.2, 0.25) is 0 Å². The maximum atomic E-state index is 9.38. The fourth-order valence-corrected chi connectivity index (χ4v) is 2.09. The third kappa shape index (κ3) is 2.79. The molecule has 0 radical (unpaired) electrons. The summed E-state index contributed by atoms with van der Waals surface area (Å²) in [6.45, 7) is 2.91. The Bertz CT molecular complexity index is 303. The Morgan fingerprint density at radius 3 is 2.80 bits per heavy atom. The lowest BCUT2D eigenvalue weighted by atomic mass is 9.93. The summed E-state index contributed by atoms with van der Waals surface area (Å²) in [5, 5.41) is 19.8. The number of aliphatic hydroxyl groups excluding tert-OH is 1. The third-order valence-corrected chi connectivity index (χ3v) is 3.21. The predicted molar refractivity (Wildman–Crippen MR) is 58.4 cm³/mol. The molecule has 0 aliphatic heterocycles. The van der Waals surface area contributed by atoms with Crippen molar-refractivity contribution < 1.29 is 5.11 Å². The average molecular weight is 209 g/mol. The zero-order chi connectivity index (χ0) is 10.7. The molecule has 3 N–H and O–H groups in total. The number of nitrogens with zero attached hydrogens (tertiary/aromatic N) is 1. The number of H-pyrrole nitrogens is 1. The molecule has 0 bridgehead atoms. The Morgan fingerprint density at radius 1 is 1.47 bits per heavy atom. The molecule has 84 valence electrons. The molecule has 1 aliphatic rings. The van der Waals surface area contributed by atoms with E-state index in [4.69, 9.17) is 0 Å². The van der Waals surface area contributed by atoms with E-state index < -0.39 is 0 Å². The lowest BCUT2D eigenvalue weighted by Gasteiger charge is -2.26. The Balaban J connectivity index is 1.77. The van der Waals surface area contributed by atoms with Crippen molar-refractivity contribution in [3.05, 3.63) is 17.5 Å². The summed E-state index contributed by atoms with van der Waals surface area (Å²) in [7, 11) is 0. The molecule has 0 atom stereocenters.